The van der Waals surface area contributed by atoms with Gasteiger partial charge in [-0.3, -0.25) is 9.59 Å². The number of nitrogens with zero attached hydrogens (tertiary/aromatic N) is 2. The predicted molar refractivity (Wildman–Crippen MR) is 65.7 cm³/mol. The monoisotopic (exact) mass is 238 g/mol. The van der Waals surface area contributed by atoms with Gasteiger partial charge in [0.05, 0.1) is 6.54 Å². The zero-order chi connectivity index (χ0) is 12.3. The van der Waals surface area contributed by atoms with Gasteiger partial charge >= 0.3 is 0 Å². The molecule has 4 nitrogen and oxygen atoms in total. The van der Waals surface area contributed by atoms with Crippen LogP contribution in [0.5, 0.6) is 0 Å². The molecule has 2 fully saturated rings. The van der Waals surface area contributed by atoms with Gasteiger partial charge in [0.2, 0.25) is 5.91 Å². The molecule has 96 valence electrons. The Morgan fingerprint density at radius 3 is 2.65 bits per heavy atom. The molecule has 0 radical (unpaired) electrons. The van der Waals surface area contributed by atoms with Crippen LogP contribution < -0.4 is 0 Å². The summed E-state index contributed by atoms with van der Waals surface area (Å²) >= 11 is 0. The second-order valence-corrected chi connectivity index (χ2v) is 5.41. The number of carbonyl (C=O) groups excluding carboxylic acids is 2. The van der Waals surface area contributed by atoms with Crippen molar-refractivity contribution in [3.63, 3.8) is 0 Å². The van der Waals surface area contributed by atoms with Gasteiger partial charge in [-0.25, -0.2) is 0 Å². The number of likely N-dealkylation sites (tertiary alicyclic amines) is 2. The fourth-order valence-corrected chi connectivity index (χ4v) is 2.69. The molecule has 2 aliphatic rings. The van der Waals surface area contributed by atoms with Crippen LogP contribution in [0.15, 0.2) is 0 Å². The zero-order valence-electron chi connectivity index (χ0n) is 10.7. The minimum absolute atomic E-state index is 0.188. The average molecular weight is 238 g/mol. The van der Waals surface area contributed by atoms with Gasteiger partial charge in [0, 0.05) is 19.4 Å². The molecule has 17 heavy (non-hydrogen) atoms. The predicted octanol–water partition coefficient (Wildman–Crippen LogP) is 0.910. The lowest BCUT2D eigenvalue weighted by atomic mass is 9.93. The number of ketones is 1. The van der Waals surface area contributed by atoms with Crippen LogP contribution in [-0.2, 0) is 9.59 Å². The number of rotatable bonds is 2. The van der Waals surface area contributed by atoms with Crippen molar-refractivity contribution in [1.29, 1.82) is 0 Å². The van der Waals surface area contributed by atoms with E-state index in [1.54, 1.807) is 4.90 Å². The highest BCUT2D eigenvalue weighted by molar-refractivity contribution is 5.87. The lowest BCUT2D eigenvalue weighted by Gasteiger charge is -2.31. The van der Waals surface area contributed by atoms with Crippen molar-refractivity contribution >= 4 is 11.7 Å². The molecule has 0 aromatic carbocycles. The highest BCUT2D eigenvalue weighted by atomic mass is 16.2. The third-order valence-corrected chi connectivity index (χ3v) is 3.90. The molecular weight excluding hydrogens is 216 g/mol. The van der Waals surface area contributed by atoms with Crippen LogP contribution in [0.2, 0.25) is 0 Å². The largest absolute Gasteiger partial charge is 0.335 e. The minimum Gasteiger partial charge on any atom is -0.335 e. The summed E-state index contributed by atoms with van der Waals surface area (Å²) in [6, 6.07) is 0. The molecule has 0 atom stereocenters. The summed E-state index contributed by atoms with van der Waals surface area (Å²) < 4.78 is 0. The fraction of sp³-hybridized carbons (Fsp3) is 0.846. The van der Waals surface area contributed by atoms with Crippen molar-refractivity contribution in [2.24, 2.45) is 5.92 Å². The summed E-state index contributed by atoms with van der Waals surface area (Å²) in [5.74, 6) is 0.927. The first-order valence-electron chi connectivity index (χ1n) is 6.63. The van der Waals surface area contributed by atoms with Gasteiger partial charge in [-0.05, 0) is 45.3 Å². The molecule has 0 saturated carbocycles. The molecule has 0 aromatic rings. The Balaban J connectivity index is 1.78. The maximum atomic E-state index is 12.1. The van der Waals surface area contributed by atoms with Crippen LogP contribution in [0.3, 0.4) is 0 Å². The maximum Gasteiger partial charge on any atom is 0.223 e. The lowest BCUT2D eigenvalue weighted by molar-refractivity contribution is -0.138. The zero-order valence-corrected chi connectivity index (χ0v) is 10.7. The second-order valence-electron chi connectivity index (χ2n) is 5.41. The van der Waals surface area contributed by atoms with Gasteiger partial charge < -0.3 is 9.80 Å². The molecule has 0 aliphatic carbocycles. The number of hydrogen-bond donors (Lipinski definition) is 0. The molecule has 4 heteroatoms. The SMILES string of the molecule is CN1CCC(CC(=O)N2CCCC(=O)C2)CC1. The van der Waals surface area contributed by atoms with Crippen LogP contribution in [0.1, 0.15) is 32.1 Å². The Morgan fingerprint density at radius 2 is 2.00 bits per heavy atom. The van der Waals surface area contributed by atoms with Crippen LogP contribution in [-0.4, -0.2) is 54.7 Å². The third-order valence-electron chi connectivity index (χ3n) is 3.90. The van der Waals surface area contributed by atoms with Crippen LogP contribution in [0.25, 0.3) is 0 Å². The van der Waals surface area contributed by atoms with Gasteiger partial charge in [-0.1, -0.05) is 0 Å². The van der Waals surface area contributed by atoms with E-state index < -0.39 is 0 Å². The van der Waals surface area contributed by atoms with E-state index in [2.05, 4.69) is 11.9 Å². The normalized spacial score (nSPS) is 24.1. The first-order valence-corrected chi connectivity index (χ1v) is 6.63. The molecule has 0 spiro atoms. The Kier molecular flexibility index (Phi) is 4.15. The van der Waals surface area contributed by atoms with E-state index in [-0.39, 0.29) is 11.7 Å². The topological polar surface area (TPSA) is 40.6 Å². The lowest BCUT2D eigenvalue weighted by Crippen LogP contribution is -2.41. The highest BCUT2D eigenvalue weighted by Crippen LogP contribution is 2.21. The third kappa shape index (κ3) is 3.53. The van der Waals surface area contributed by atoms with Crippen molar-refractivity contribution in [1.82, 2.24) is 9.80 Å². The smallest absolute Gasteiger partial charge is 0.223 e. The summed E-state index contributed by atoms with van der Waals surface area (Å²) in [4.78, 5) is 27.4. The van der Waals surface area contributed by atoms with Crippen molar-refractivity contribution in [3.05, 3.63) is 0 Å². The van der Waals surface area contributed by atoms with Crippen molar-refractivity contribution in [2.45, 2.75) is 32.1 Å². The van der Waals surface area contributed by atoms with E-state index in [1.807, 2.05) is 0 Å². The molecule has 2 rings (SSSR count). The Hall–Kier alpha value is -0.900. The van der Waals surface area contributed by atoms with E-state index in [0.717, 1.165) is 38.9 Å². The molecule has 0 aromatic heterocycles. The van der Waals surface area contributed by atoms with Crippen LogP contribution in [0, 0.1) is 5.92 Å². The number of hydrogen-bond acceptors (Lipinski definition) is 3. The van der Waals surface area contributed by atoms with E-state index in [0.29, 0.717) is 25.3 Å². The van der Waals surface area contributed by atoms with E-state index >= 15 is 0 Å². The van der Waals surface area contributed by atoms with E-state index in [9.17, 15) is 9.59 Å². The molecule has 2 aliphatic heterocycles. The first kappa shape index (κ1) is 12.6. The first-order chi connectivity index (χ1) is 8.15. The number of amides is 1. The van der Waals surface area contributed by atoms with Gasteiger partial charge in [0.25, 0.3) is 0 Å². The van der Waals surface area contributed by atoms with Gasteiger partial charge in [0.15, 0.2) is 5.78 Å². The van der Waals surface area contributed by atoms with Gasteiger partial charge in [-0.2, -0.15) is 0 Å². The summed E-state index contributed by atoms with van der Waals surface area (Å²) in [6.07, 6.45) is 4.37. The molecule has 0 unspecified atom stereocenters. The number of Topliss-reactive ketones (excluding diaryl/α,β-unsaturated/α-hetero) is 1. The summed E-state index contributed by atoms with van der Waals surface area (Å²) in [7, 11) is 2.13. The second kappa shape index (κ2) is 5.63. The maximum absolute atomic E-state index is 12.1. The molecule has 2 heterocycles. The van der Waals surface area contributed by atoms with E-state index in [4.69, 9.17) is 0 Å². The number of carbonyl (C=O) groups is 2. The standard InChI is InChI=1S/C13H22N2O2/c1-14-7-4-11(5-8-14)9-13(17)15-6-2-3-12(16)10-15/h11H,2-10H2,1H3. The highest BCUT2D eigenvalue weighted by Gasteiger charge is 2.25. The average Bonchev–Trinajstić information content (AvgIpc) is 2.32. The summed E-state index contributed by atoms with van der Waals surface area (Å²) in [5.41, 5.74) is 0. The Morgan fingerprint density at radius 1 is 1.29 bits per heavy atom. The molecule has 2 saturated heterocycles. The molecular formula is C13H22N2O2. The van der Waals surface area contributed by atoms with Crippen LogP contribution >= 0.6 is 0 Å². The van der Waals surface area contributed by atoms with Gasteiger partial charge in [-0.15, -0.1) is 0 Å². The van der Waals surface area contributed by atoms with Crippen molar-refractivity contribution in [3.8, 4) is 0 Å². The Bertz CT molecular complexity index is 296. The molecule has 0 N–H and O–H groups in total. The molecule has 0 bridgehead atoms. The minimum atomic E-state index is 0.188. The fourth-order valence-electron chi connectivity index (χ4n) is 2.69. The van der Waals surface area contributed by atoms with E-state index in [1.165, 1.54) is 0 Å². The number of piperidine rings is 2. The van der Waals surface area contributed by atoms with Crippen molar-refractivity contribution in [2.75, 3.05) is 33.2 Å². The Labute approximate surface area is 103 Å². The summed E-state index contributed by atoms with van der Waals surface area (Å²) in [5, 5.41) is 0. The van der Waals surface area contributed by atoms with Crippen molar-refractivity contribution < 1.29 is 9.59 Å². The molecule has 1 amide bonds. The van der Waals surface area contributed by atoms with Crippen LogP contribution in [0.4, 0.5) is 0 Å². The summed E-state index contributed by atoms with van der Waals surface area (Å²) in [6.45, 7) is 3.32. The quantitative estimate of drug-likeness (QED) is 0.718. The van der Waals surface area contributed by atoms with Gasteiger partial charge in [0.1, 0.15) is 0 Å².